The van der Waals surface area contributed by atoms with E-state index in [2.05, 4.69) is 20.3 Å². The molecule has 19 heavy (non-hydrogen) atoms. The number of hydrogen-bond donors (Lipinski definition) is 1. The maximum atomic E-state index is 6.25. The first-order valence-electron chi connectivity index (χ1n) is 6.07. The number of pyridine rings is 1. The van der Waals surface area contributed by atoms with Gasteiger partial charge in [-0.3, -0.25) is 0 Å². The van der Waals surface area contributed by atoms with Crippen molar-refractivity contribution in [3.8, 4) is 0 Å². The summed E-state index contributed by atoms with van der Waals surface area (Å²) in [5, 5.41) is 4.66. The number of fused-ring (bicyclic) bond motifs is 3. The van der Waals surface area contributed by atoms with Crippen LogP contribution in [0.4, 0.5) is 5.82 Å². The summed E-state index contributed by atoms with van der Waals surface area (Å²) >= 11 is 6.25. The van der Waals surface area contributed by atoms with E-state index in [0.29, 0.717) is 22.1 Å². The summed E-state index contributed by atoms with van der Waals surface area (Å²) in [6.45, 7) is 6.57. The van der Waals surface area contributed by atoms with Gasteiger partial charge in [-0.25, -0.2) is 15.0 Å². The molecule has 3 aromatic rings. The van der Waals surface area contributed by atoms with E-state index in [1.54, 1.807) is 0 Å². The van der Waals surface area contributed by atoms with E-state index in [4.69, 9.17) is 16.0 Å². The molecule has 0 aliphatic carbocycles. The summed E-state index contributed by atoms with van der Waals surface area (Å²) in [5.41, 5.74) is 3.60. The van der Waals surface area contributed by atoms with E-state index < -0.39 is 0 Å². The van der Waals surface area contributed by atoms with Gasteiger partial charge >= 0.3 is 0 Å². The lowest BCUT2D eigenvalue weighted by Gasteiger charge is -2.02. The highest BCUT2D eigenvalue weighted by Gasteiger charge is 2.18. The number of nitrogens with zero attached hydrogens (tertiary/aromatic N) is 3. The highest BCUT2D eigenvalue weighted by molar-refractivity contribution is 6.33. The first kappa shape index (κ1) is 12.2. The first-order chi connectivity index (χ1) is 9.13. The van der Waals surface area contributed by atoms with Crippen LogP contribution < -0.4 is 5.32 Å². The fourth-order valence-corrected chi connectivity index (χ4v) is 2.33. The number of halogens is 1. The summed E-state index contributed by atoms with van der Waals surface area (Å²) in [6.07, 6.45) is 1.52. The Kier molecular flexibility index (Phi) is 2.78. The molecule has 0 fully saturated rings. The molecule has 0 aliphatic heterocycles. The molecule has 0 spiro atoms. The quantitative estimate of drug-likeness (QED) is 0.776. The summed E-state index contributed by atoms with van der Waals surface area (Å²) in [7, 11) is 0. The minimum Gasteiger partial charge on any atom is -0.432 e. The zero-order chi connectivity index (χ0) is 13.6. The van der Waals surface area contributed by atoms with Crippen LogP contribution in [0.3, 0.4) is 0 Å². The Hall–Kier alpha value is -1.88. The molecule has 3 rings (SSSR count). The van der Waals surface area contributed by atoms with Crippen LogP contribution in [0.2, 0.25) is 5.02 Å². The average Bonchev–Trinajstić information content (AvgIpc) is 2.76. The smallest absolute Gasteiger partial charge is 0.229 e. The summed E-state index contributed by atoms with van der Waals surface area (Å²) in [4.78, 5) is 12.9. The maximum Gasteiger partial charge on any atom is 0.229 e. The molecule has 0 atom stereocenters. The topological polar surface area (TPSA) is 63.8 Å². The zero-order valence-electron chi connectivity index (χ0n) is 10.9. The zero-order valence-corrected chi connectivity index (χ0v) is 11.7. The van der Waals surface area contributed by atoms with Gasteiger partial charge in [-0.1, -0.05) is 11.6 Å². The number of nitrogens with one attached hydrogen (secondary N) is 1. The second-order valence-electron chi connectivity index (χ2n) is 4.35. The molecule has 0 saturated carbocycles. The average molecular weight is 277 g/mol. The van der Waals surface area contributed by atoms with Crippen molar-refractivity contribution in [2.24, 2.45) is 0 Å². The lowest BCUT2D eigenvalue weighted by molar-refractivity contribution is 0.650. The van der Waals surface area contributed by atoms with Gasteiger partial charge in [-0.15, -0.1) is 0 Å². The second kappa shape index (κ2) is 4.35. The van der Waals surface area contributed by atoms with Crippen LogP contribution in [0, 0.1) is 13.8 Å². The number of furan rings is 1. The van der Waals surface area contributed by atoms with Gasteiger partial charge in [0.25, 0.3) is 0 Å². The molecule has 3 heterocycles. The Balaban J connectivity index is 2.46. The van der Waals surface area contributed by atoms with E-state index in [1.807, 2.05) is 20.8 Å². The standard InChI is InChI=1S/C13H13ClN4O/c1-4-15-12-11-10(16-5-17-12)8-6(2)9(14)7(3)18-13(8)19-11/h5H,4H2,1-3H3,(H,15,16,17). The van der Waals surface area contributed by atoms with Crippen LogP contribution in [-0.4, -0.2) is 21.5 Å². The molecule has 0 saturated heterocycles. The number of aromatic nitrogens is 3. The van der Waals surface area contributed by atoms with E-state index in [-0.39, 0.29) is 0 Å². The SMILES string of the molecule is CCNc1ncnc2c1oc1nc(C)c(Cl)c(C)c12. The fraction of sp³-hybridized carbons (Fsp3) is 0.308. The van der Waals surface area contributed by atoms with Crippen molar-refractivity contribution in [3.63, 3.8) is 0 Å². The van der Waals surface area contributed by atoms with Gasteiger partial charge in [-0.2, -0.15) is 0 Å². The van der Waals surface area contributed by atoms with Crippen molar-refractivity contribution in [1.29, 1.82) is 0 Å². The van der Waals surface area contributed by atoms with Gasteiger partial charge < -0.3 is 9.73 Å². The van der Waals surface area contributed by atoms with Crippen LogP contribution in [-0.2, 0) is 0 Å². The molecule has 0 unspecified atom stereocenters. The van der Waals surface area contributed by atoms with Gasteiger partial charge in [0.1, 0.15) is 11.8 Å². The number of rotatable bonds is 2. The third-order valence-electron chi connectivity index (χ3n) is 3.09. The van der Waals surface area contributed by atoms with Crippen LogP contribution in [0.5, 0.6) is 0 Å². The van der Waals surface area contributed by atoms with Crippen molar-refractivity contribution in [2.75, 3.05) is 11.9 Å². The minimum atomic E-state index is 0.550. The van der Waals surface area contributed by atoms with E-state index in [1.165, 1.54) is 6.33 Å². The number of aryl methyl sites for hydroxylation is 2. The number of anilines is 1. The Morgan fingerprint density at radius 1 is 1.32 bits per heavy atom. The van der Waals surface area contributed by atoms with Crippen molar-refractivity contribution in [3.05, 3.63) is 22.6 Å². The predicted octanol–water partition coefficient (Wildman–Crippen LogP) is 3.47. The monoisotopic (exact) mass is 276 g/mol. The Morgan fingerprint density at radius 2 is 2.11 bits per heavy atom. The molecule has 0 radical (unpaired) electrons. The maximum absolute atomic E-state index is 6.25. The largest absolute Gasteiger partial charge is 0.432 e. The highest BCUT2D eigenvalue weighted by atomic mass is 35.5. The molecular weight excluding hydrogens is 264 g/mol. The van der Waals surface area contributed by atoms with Crippen molar-refractivity contribution in [2.45, 2.75) is 20.8 Å². The fourth-order valence-electron chi connectivity index (χ4n) is 2.19. The lowest BCUT2D eigenvalue weighted by Crippen LogP contribution is -1.99. The van der Waals surface area contributed by atoms with Crippen molar-refractivity contribution in [1.82, 2.24) is 15.0 Å². The predicted molar refractivity (Wildman–Crippen MR) is 75.8 cm³/mol. The van der Waals surface area contributed by atoms with Crippen LogP contribution in [0.25, 0.3) is 22.2 Å². The normalized spacial score (nSPS) is 11.4. The first-order valence-corrected chi connectivity index (χ1v) is 6.45. The molecule has 0 aliphatic rings. The Bertz CT molecular complexity index is 781. The molecule has 3 aromatic heterocycles. The summed E-state index contributed by atoms with van der Waals surface area (Å²) < 4.78 is 5.80. The van der Waals surface area contributed by atoms with Crippen LogP contribution in [0.15, 0.2) is 10.7 Å². The van der Waals surface area contributed by atoms with Gasteiger partial charge in [0.05, 0.1) is 16.1 Å². The van der Waals surface area contributed by atoms with Crippen LogP contribution >= 0.6 is 11.6 Å². The third-order valence-corrected chi connectivity index (χ3v) is 3.65. The van der Waals surface area contributed by atoms with E-state index >= 15 is 0 Å². The minimum absolute atomic E-state index is 0.550. The van der Waals surface area contributed by atoms with E-state index in [0.717, 1.165) is 28.7 Å². The summed E-state index contributed by atoms with van der Waals surface area (Å²) in [5.74, 6) is 0.679. The molecule has 6 heteroatoms. The van der Waals surface area contributed by atoms with Gasteiger partial charge in [0, 0.05) is 6.54 Å². The van der Waals surface area contributed by atoms with Crippen molar-refractivity contribution >= 4 is 39.6 Å². The van der Waals surface area contributed by atoms with Crippen molar-refractivity contribution < 1.29 is 4.42 Å². The molecule has 5 nitrogen and oxygen atoms in total. The second-order valence-corrected chi connectivity index (χ2v) is 4.73. The van der Waals surface area contributed by atoms with E-state index in [9.17, 15) is 0 Å². The molecule has 0 amide bonds. The molecule has 98 valence electrons. The van der Waals surface area contributed by atoms with Crippen LogP contribution in [0.1, 0.15) is 18.2 Å². The lowest BCUT2D eigenvalue weighted by atomic mass is 10.1. The third kappa shape index (κ3) is 1.73. The Morgan fingerprint density at radius 3 is 2.84 bits per heavy atom. The molecular formula is C13H13ClN4O. The molecule has 0 bridgehead atoms. The van der Waals surface area contributed by atoms with Gasteiger partial charge in [0.2, 0.25) is 5.71 Å². The highest BCUT2D eigenvalue weighted by Crippen LogP contribution is 2.35. The summed E-state index contributed by atoms with van der Waals surface area (Å²) in [6, 6.07) is 0. The molecule has 0 aromatic carbocycles. The Labute approximate surface area is 115 Å². The van der Waals surface area contributed by atoms with Gasteiger partial charge in [0.15, 0.2) is 11.4 Å². The number of hydrogen-bond acceptors (Lipinski definition) is 5. The molecule has 1 N–H and O–H groups in total. The van der Waals surface area contributed by atoms with Gasteiger partial charge in [-0.05, 0) is 26.3 Å².